The average molecular weight is 140 g/mol. The van der Waals surface area contributed by atoms with Gasteiger partial charge in [0, 0.05) is 18.1 Å². The van der Waals surface area contributed by atoms with E-state index in [4.69, 9.17) is 5.73 Å². The number of rotatable bonds is 0. The molecule has 0 aromatic rings. The van der Waals surface area contributed by atoms with E-state index >= 15 is 0 Å². The molecule has 2 bridgehead atoms. The van der Waals surface area contributed by atoms with Gasteiger partial charge in [0.2, 0.25) is 0 Å². The van der Waals surface area contributed by atoms with E-state index in [9.17, 15) is 0 Å². The molecular weight excluding hydrogens is 124 g/mol. The summed E-state index contributed by atoms with van der Waals surface area (Å²) in [5, 5.41) is 0. The van der Waals surface area contributed by atoms with Crippen LogP contribution in [0.15, 0.2) is 0 Å². The van der Waals surface area contributed by atoms with Gasteiger partial charge in [0.15, 0.2) is 0 Å². The Morgan fingerprint density at radius 3 is 2.50 bits per heavy atom. The van der Waals surface area contributed by atoms with Crippen LogP contribution in [0.2, 0.25) is 0 Å². The Morgan fingerprint density at radius 1 is 1.50 bits per heavy atom. The molecule has 3 atom stereocenters. The first-order valence-corrected chi connectivity index (χ1v) is 4.13. The maximum atomic E-state index is 6.06. The summed E-state index contributed by atoms with van der Waals surface area (Å²) < 4.78 is 0. The molecule has 2 fully saturated rings. The summed E-state index contributed by atoms with van der Waals surface area (Å²) in [7, 11) is 0. The summed E-state index contributed by atoms with van der Waals surface area (Å²) >= 11 is 0. The number of piperidine rings is 1. The molecule has 0 amide bonds. The molecule has 0 aliphatic carbocycles. The lowest BCUT2D eigenvalue weighted by molar-refractivity contribution is 0.152. The van der Waals surface area contributed by atoms with Gasteiger partial charge in [-0.25, -0.2) is 0 Å². The number of fused-ring (bicyclic) bond motifs is 2. The highest BCUT2D eigenvalue weighted by Crippen LogP contribution is 2.38. The average Bonchev–Trinajstić information content (AvgIpc) is 2.37. The van der Waals surface area contributed by atoms with Crippen LogP contribution >= 0.6 is 0 Å². The highest BCUT2D eigenvalue weighted by Gasteiger charge is 2.49. The van der Waals surface area contributed by atoms with Crippen LogP contribution in [0.3, 0.4) is 0 Å². The first-order chi connectivity index (χ1) is 4.62. The van der Waals surface area contributed by atoms with E-state index in [0.29, 0.717) is 6.04 Å². The molecule has 0 aromatic carbocycles. The monoisotopic (exact) mass is 140 g/mol. The minimum Gasteiger partial charge on any atom is -0.326 e. The normalized spacial score (nSPS) is 50.1. The van der Waals surface area contributed by atoms with Gasteiger partial charge in [-0.1, -0.05) is 0 Å². The highest BCUT2D eigenvalue weighted by molar-refractivity contribution is 5.07. The van der Waals surface area contributed by atoms with Crippen molar-refractivity contribution in [1.82, 2.24) is 4.90 Å². The van der Waals surface area contributed by atoms with Crippen molar-refractivity contribution in [3.05, 3.63) is 0 Å². The van der Waals surface area contributed by atoms with Crippen molar-refractivity contribution in [3.8, 4) is 0 Å². The Balaban J connectivity index is 2.25. The molecule has 2 saturated heterocycles. The Labute approximate surface area is 62.4 Å². The van der Waals surface area contributed by atoms with Crippen LogP contribution in [0.1, 0.15) is 20.3 Å². The maximum absolute atomic E-state index is 6.06. The second kappa shape index (κ2) is 1.74. The van der Waals surface area contributed by atoms with E-state index in [1.165, 1.54) is 19.5 Å². The molecule has 0 spiro atoms. The standard InChI is InChI=1S/C8H16N2/c1-8(2)7(9)6-3-4-10(8)5-6/h6-7H,3-5,9H2,1-2H3/t6?,7-/m1/s1. The second-order valence-corrected chi connectivity index (χ2v) is 4.17. The summed E-state index contributed by atoms with van der Waals surface area (Å²) in [5.41, 5.74) is 6.34. The molecule has 0 radical (unpaired) electrons. The third-order valence-corrected chi connectivity index (χ3v) is 3.36. The van der Waals surface area contributed by atoms with Crippen LogP contribution in [0.5, 0.6) is 0 Å². The summed E-state index contributed by atoms with van der Waals surface area (Å²) in [6, 6.07) is 0.418. The van der Waals surface area contributed by atoms with E-state index in [1.807, 2.05) is 0 Å². The molecule has 58 valence electrons. The van der Waals surface area contributed by atoms with E-state index in [0.717, 1.165) is 5.92 Å². The van der Waals surface area contributed by atoms with Gasteiger partial charge in [-0.2, -0.15) is 0 Å². The van der Waals surface area contributed by atoms with Crippen molar-refractivity contribution in [2.45, 2.75) is 31.8 Å². The Morgan fingerprint density at radius 2 is 2.20 bits per heavy atom. The van der Waals surface area contributed by atoms with Crippen molar-refractivity contribution < 1.29 is 0 Å². The van der Waals surface area contributed by atoms with Crippen molar-refractivity contribution >= 4 is 0 Å². The van der Waals surface area contributed by atoms with Gasteiger partial charge in [-0.15, -0.1) is 0 Å². The van der Waals surface area contributed by atoms with E-state index in [2.05, 4.69) is 18.7 Å². The molecule has 10 heavy (non-hydrogen) atoms. The smallest absolute Gasteiger partial charge is 0.0307 e. The zero-order valence-corrected chi connectivity index (χ0v) is 6.80. The van der Waals surface area contributed by atoms with Gasteiger partial charge >= 0.3 is 0 Å². The molecule has 2 nitrogen and oxygen atoms in total. The van der Waals surface area contributed by atoms with Crippen molar-refractivity contribution in [2.24, 2.45) is 11.7 Å². The third kappa shape index (κ3) is 0.611. The topological polar surface area (TPSA) is 29.3 Å². The zero-order valence-electron chi connectivity index (χ0n) is 6.80. The largest absolute Gasteiger partial charge is 0.326 e. The van der Waals surface area contributed by atoms with Crippen LogP contribution in [0.25, 0.3) is 0 Å². The van der Waals surface area contributed by atoms with Crippen molar-refractivity contribution in [3.63, 3.8) is 0 Å². The fraction of sp³-hybridized carbons (Fsp3) is 1.00. The Bertz CT molecular complexity index is 149. The van der Waals surface area contributed by atoms with E-state index < -0.39 is 0 Å². The van der Waals surface area contributed by atoms with Crippen LogP contribution in [0, 0.1) is 5.92 Å². The predicted molar refractivity (Wildman–Crippen MR) is 41.7 cm³/mol. The highest BCUT2D eigenvalue weighted by atomic mass is 15.3. The van der Waals surface area contributed by atoms with Gasteiger partial charge in [-0.3, -0.25) is 4.90 Å². The lowest BCUT2D eigenvalue weighted by atomic mass is 9.86. The molecular formula is C8H16N2. The summed E-state index contributed by atoms with van der Waals surface area (Å²) in [5.74, 6) is 0.787. The molecule has 0 aromatic heterocycles. The first kappa shape index (κ1) is 6.62. The Hall–Kier alpha value is -0.0800. The minimum absolute atomic E-state index is 0.281. The second-order valence-electron chi connectivity index (χ2n) is 4.17. The fourth-order valence-corrected chi connectivity index (χ4v) is 2.39. The maximum Gasteiger partial charge on any atom is 0.0307 e. The lowest BCUT2D eigenvalue weighted by Crippen LogP contribution is -2.52. The molecule has 0 saturated carbocycles. The summed E-state index contributed by atoms with van der Waals surface area (Å²) in [6.07, 6.45) is 1.32. The molecule has 2 heterocycles. The molecule has 2 rings (SSSR count). The predicted octanol–water partition coefficient (Wildman–Crippen LogP) is 0.428. The first-order valence-electron chi connectivity index (χ1n) is 4.13. The molecule has 2 N–H and O–H groups in total. The Kier molecular flexibility index (Phi) is 1.15. The summed E-state index contributed by atoms with van der Waals surface area (Å²) in [6.45, 7) is 7.03. The van der Waals surface area contributed by atoms with Gasteiger partial charge in [-0.05, 0) is 32.7 Å². The quantitative estimate of drug-likeness (QED) is 0.528. The van der Waals surface area contributed by atoms with Crippen molar-refractivity contribution in [1.29, 1.82) is 0 Å². The van der Waals surface area contributed by atoms with E-state index in [-0.39, 0.29) is 5.54 Å². The van der Waals surface area contributed by atoms with Gasteiger partial charge in [0.25, 0.3) is 0 Å². The molecule has 2 aliphatic rings. The van der Waals surface area contributed by atoms with Crippen LogP contribution in [-0.4, -0.2) is 29.6 Å². The molecule has 2 aliphatic heterocycles. The SMILES string of the molecule is CC1(C)[C@H](N)C2CCN1C2. The number of nitrogens with two attached hydrogens (primary N) is 1. The third-order valence-electron chi connectivity index (χ3n) is 3.36. The lowest BCUT2D eigenvalue weighted by Gasteiger charge is -2.37. The van der Waals surface area contributed by atoms with Gasteiger partial charge in [0.05, 0.1) is 0 Å². The fourth-order valence-electron chi connectivity index (χ4n) is 2.39. The van der Waals surface area contributed by atoms with Crippen LogP contribution in [-0.2, 0) is 0 Å². The minimum atomic E-state index is 0.281. The van der Waals surface area contributed by atoms with Gasteiger partial charge < -0.3 is 5.73 Å². The van der Waals surface area contributed by atoms with Crippen LogP contribution < -0.4 is 5.73 Å². The van der Waals surface area contributed by atoms with E-state index in [1.54, 1.807) is 0 Å². The van der Waals surface area contributed by atoms with Gasteiger partial charge in [0.1, 0.15) is 0 Å². The zero-order chi connectivity index (χ0) is 7.35. The molecule has 2 heteroatoms. The number of hydrogen-bond acceptors (Lipinski definition) is 2. The molecule has 2 unspecified atom stereocenters. The van der Waals surface area contributed by atoms with Crippen LogP contribution in [0.4, 0.5) is 0 Å². The number of nitrogens with zero attached hydrogens (tertiary/aromatic N) is 1. The summed E-state index contributed by atoms with van der Waals surface area (Å²) in [4.78, 5) is 2.52. The van der Waals surface area contributed by atoms with Crippen molar-refractivity contribution in [2.75, 3.05) is 13.1 Å². The number of hydrogen-bond donors (Lipinski definition) is 1.